The minimum atomic E-state index is -0.0765. The van der Waals surface area contributed by atoms with Crippen molar-refractivity contribution in [3.05, 3.63) is 0 Å². The molecule has 1 aliphatic carbocycles. The van der Waals surface area contributed by atoms with Crippen molar-refractivity contribution in [2.45, 2.75) is 51.5 Å². The third kappa shape index (κ3) is 2.89. The number of rotatable bonds is 3. The summed E-state index contributed by atoms with van der Waals surface area (Å²) in [4.78, 5) is 14.0. The maximum Gasteiger partial charge on any atom is 0.127 e. The minimum absolute atomic E-state index is 0.0751. The number of aldehydes is 1. The SMILES string of the molecule is CC1(C)COCCN1CC1(C=O)CCCCC1. The molecule has 2 aliphatic rings. The van der Waals surface area contributed by atoms with Gasteiger partial charge >= 0.3 is 0 Å². The van der Waals surface area contributed by atoms with E-state index in [-0.39, 0.29) is 11.0 Å². The predicted octanol–water partition coefficient (Wildman–Crippen LogP) is 2.25. The quantitative estimate of drug-likeness (QED) is 0.707. The molecule has 1 aliphatic heterocycles. The van der Waals surface area contributed by atoms with Gasteiger partial charge in [0.25, 0.3) is 0 Å². The van der Waals surface area contributed by atoms with Crippen LogP contribution in [0.2, 0.25) is 0 Å². The van der Waals surface area contributed by atoms with Gasteiger partial charge in [-0.3, -0.25) is 4.90 Å². The van der Waals surface area contributed by atoms with E-state index in [4.69, 9.17) is 4.74 Å². The highest BCUT2D eigenvalue weighted by Gasteiger charge is 2.39. The first-order valence-corrected chi connectivity index (χ1v) is 6.87. The molecule has 0 aromatic rings. The van der Waals surface area contributed by atoms with Crippen LogP contribution in [0.4, 0.5) is 0 Å². The molecule has 0 bridgehead atoms. The zero-order valence-corrected chi connectivity index (χ0v) is 11.2. The van der Waals surface area contributed by atoms with E-state index in [0.717, 1.165) is 39.1 Å². The fraction of sp³-hybridized carbons (Fsp3) is 0.929. The highest BCUT2D eigenvalue weighted by molar-refractivity contribution is 5.60. The molecule has 1 saturated carbocycles. The molecule has 0 aromatic carbocycles. The second kappa shape index (κ2) is 5.07. The first-order chi connectivity index (χ1) is 8.08. The first-order valence-electron chi connectivity index (χ1n) is 6.87. The molecule has 0 unspecified atom stereocenters. The third-order valence-corrected chi connectivity index (χ3v) is 4.42. The average Bonchev–Trinajstić information content (AvgIpc) is 2.33. The van der Waals surface area contributed by atoms with Crippen LogP contribution in [0, 0.1) is 5.41 Å². The van der Waals surface area contributed by atoms with E-state index in [1.807, 2.05) is 0 Å². The number of carbonyl (C=O) groups is 1. The Morgan fingerprint density at radius 2 is 1.94 bits per heavy atom. The van der Waals surface area contributed by atoms with Crippen molar-refractivity contribution >= 4 is 6.29 Å². The van der Waals surface area contributed by atoms with Crippen molar-refractivity contribution in [2.24, 2.45) is 5.41 Å². The van der Waals surface area contributed by atoms with Crippen LogP contribution in [0.5, 0.6) is 0 Å². The van der Waals surface area contributed by atoms with Crippen LogP contribution in [0.1, 0.15) is 46.0 Å². The van der Waals surface area contributed by atoms with Crippen LogP contribution in [-0.2, 0) is 9.53 Å². The van der Waals surface area contributed by atoms with E-state index in [1.165, 1.54) is 25.5 Å². The lowest BCUT2D eigenvalue weighted by Gasteiger charge is -2.46. The zero-order chi connectivity index (χ0) is 12.4. The molecule has 1 heterocycles. The molecule has 0 radical (unpaired) electrons. The van der Waals surface area contributed by atoms with Gasteiger partial charge in [0.2, 0.25) is 0 Å². The number of hydrogen-bond donors (Lipinski definition) is 0. The molecule has 2 fully saturated rings. The van der Waals surface area contributed by atoms with Gasteiger partial charge in [-0.1, -0.05) is 19.3 Å². The van der Waals surface area contributed by atoms with Gasteiger partial charge in [-0.2, -0.15) is 0 Å². The molecular formula is C14H25NO2. The lowest BCUT2D eigenvalue weighted by molar-refractivity contribution is -0.123. The van der Waals surface area contributed by atoms with Gasteiger partial charge in [-0.25, -0.2) is 0 Å². The number of nitrogens with zero attached hydrogens (tertiary/aromatic N) is 1. The van der Waals surface area contributed by atoms with Gasteiger partial charge in [0.05, 0.1) is 13.2 Å². The van der Waals surface area contributed by atoms with Crippen LogP contribution < -0.4 is 0 Å². The standard InChI is InChI=1S/C14H25NO2/c1-13(2)12-17-9-8-15(13)10-14(11-16)6-4-3-5-7-14/h11H,3-10,12H2,1-2H3. The van der Waals surface area contributed by atoms with Crippen molar-refractivity contribution in [1.82, 2.24) is 4.90 Å². The van der Waals surface area contributed by atoms with Gasteiger partial charge in [-0.15, -0.1) is 0 Å². The third-order valence-electron chi connectivity index (χ3n) is 4.42. The van der Waals surface area contributed by atoms with E-state index in [2.05, 4.69) is 18.7 Å². The van der Waals surface area contributed by atoms with Crippen molar-refractivity contribution < 1.29 is 9.53 Å². The molecule has 0 spiro atoms. The monoisotopic (exact) mass is 239 g/mol. The molecule has 98 valence electrons. The van der Waals surface area contributed by atoms with E-state index >= 15 is 0 Å². The van der Waals surface area contributed by atoms with Gasteiger partial charge in [0.15, 0.2) is 0 Å². The van der Waals surface area contributed by atoms with Gasteiger partial charge < -0.3 is 9.53 Å². The predicted molar refractivity (Wildman–Crippen MR) is 68.1 cm³/mol. The Kier molecular flexibility index (Phi) is 3.88. The van der Waals surface area contributed by atoms with Gasteiger partial charge in [-0.05, 0) is 26.7 Å². The van der Waals surface area contributed by atoms with E-state index < -0.39 is 0 Å². The van der Waals surface area contributed by atoms with Crippen LogP contribution in [0.3, 0.4) is 0 Å². The molecule has 0 atom stereocenters. The molecule has 2 rings (SSSR count). The van der Waals surface area contributed by atoms with Gasteiger partial charge in [0.1, 0.15) is 6.29 Å². The Hall–Kier alpha value is -0.410. The fourth-order valence-corrected chi connectivity index (χ4v) is 3.13. The summed E-state index contributed by atoms with van der Waals surface area (Å²) < 4.78 is 5.54. The number of carbonyl (C=O) groups excluding carboxylic acids is 1. The maximum absolute atomic E-state index is 11.5. The van der Waals surface area contributed by atoms with Crippen molar-refractivity contribution in [1.29, 1.82) is 0 Å². The Morgan fingerprint density at radius 3 is 2.53 bits per heavy atom. The lowest BCUT2D eigenvalue weighted by atomic mass is 9.74. The topological polar surface area (TPSA) is 29.5 Å². The normalized spacial score (nSPS) is 28.8. The Morgan fingerprint density at radius 1 is 1.24 bits per heavy atom. The highest BCUT2D eigenvalue weighted by Crippen LogP contribution is 2.37. The van der Waals surface area contributed by atoms with Gasteiger partial charge in [0, 0.05) is 24.0 Å². The summed E-state index contributed by atoms with van der Waals surface area (Å²) in [6, 6.07) is 0. The van der Waals surface area contributed by atoms with Crippen LogP contribution in [-0.4, -0.2) is 43.0 Å². The van der Waals surface area contributed by atoms with Crippen molar-refractivity contribution in [3.63, 3.8) is 0 Å². The van der Waals surface area contributed by atoms with E-state index in [9.17, 15) is 4.79 Å². The molecule has 3 heteroatoms. The van der Waals surface area contributed by atoms with E-state index in [1.54, 1.807) is 0 Å². The van der Waals surface area contributed by atoms with Crippen molar-refractivity contribution in [2.75, 3.05) is 26.3 Å². The minimum Gasteiger partial charge on any atom is -0.378 e. The molecule has 0 aromatic heterocycles. The van der Waals surface area contributed by atoms with Crippen molar-refractivity contribution in [3.8, 4) is 0 Å². The summed E-state index contributed by atoms with van der Waals surface area (Å²) in [6.45, 7) is 7.90. The summed E-state index contributed by atoms with van der Waals surface area (Å²) in [5.74, 6) is 0. The largest absolute Gasteiger partial charge is 0.378 e. The molecule has 3 nitrogen and oxygen atoms in total. The zero-order valence-electron chi connectivity index (χ0n) is 11.2. The highest BCUT2D eigenvalue weighted by atomic mass is 16.5. The average molecular weight is 239 g/mol. The van der Waals surface area contributed by atoms with Crippen LogP contribution in [0.15, 0.2) is 0 Å². The summed E-state index contributed by atoms with van der Waals surface area (Å²) >= 11 is 0. The number of ether oxygens (including phenoxy) is 1. The second-order valence-corrected chi connectivity index (χ2v) is 6.33. The van der Waals surface area contributed by atoms with Crippen LogP contribution in [0.25, 0.3) is 0 Å². The molecular weight excluding hydrogens is 214 g/mol. The molecule has 0 N–H and O–H groups in total. The summed E-state index contributed by atoms with van der Waals surface area (Å²) in [5.41, 5.74) is -0.00142. The summed E-state index contributed by atoms with van der Waals surface area (Å²) in [5, 5.41) is 0. The lowest BCUT2D eigenvalue weighted by Crippen LogP contribution is -2.56. The first kappa shape index (κ1) is 13.0. The summed E-state index contributed by atoms with van der Waals surface area (Å²) in [7, 11) is 0. The van der Waals surface area contributed by atoms with E-state index in [0.29, 0.717) is 0 Å². The maximum atomic E-state index is 11.5. The summed E-state index contributed by atoms with van der Waals surface area (Å²) in [6.07, 6.45) is 7.10. The number of hydrogen-bond acceptors (Lipinski definition) is 3. The molecule has 0 amide bonds. The molecule has 1 saturated heterocycles. The van der Waals surface area contributed by atoms with Crippen LogP contribution >= 0.6 is 0 Å². The smallest absolute Gasteiger partial charge is 0.127 e. The number of morpholine rings is 1. The Balaban J connectivity index is 2.04. The fourth-order valence-electron chi connectivity index (χ4n) is 3.13. The Labute approximate surface area is 105 Å². The molecule has 17 heavy (non-hydrogen) atoms. The second-order valence-electron chi connectivity index (χ2n) is 6.33. The Bertz CT molecular complexity index is 269.